The van der Waals surface area contributed by atoms with Crippen LogP contribution in [0.5, 0.6) is 0 Å². The van der Waals surface area contributed by atoms with Crippen LogP contribution in [0.25, 0.3) is 32.3 Å². The fourth-order valence-corrected chi connectivity index (χ4v) is 6.36. The van der Waals surface area contributed by atoms with E-state index in [-0.39, 0.29) is 23.2 Å². The zero-order valence-corrected chi connectivity index (χ0v) is 44.6. The van der Waals surface area contributed by atoms with Crippen molar-refractivity contribution in [2.75, 3.05) is 46.5 Å². The van der Waals surface area contributed by atoms with Crippen molar-refractivity contribution in [1.82, 2.24) is 15.1 Å². The summed E-state index contributed by atoms with van der Waals surface area (Å²) in [6, 6.07) is 44.9. The Morgan fingerprint density at radius 3 is 1.27 bits per heavy atom. The number of terminal acetylenes is 1. The molecule has 66 heavy (non-hydrogen) atoms. The van der Waals surface area contributed by atoms with Gasteiger partial charge < -0.3 is 5.32 Å². The smallest absolute Gasteiger partial charge is 0.0415 e. The molecule has 0 aliphatic rings. The Balaban J connectivity index is 0.000000857. The van der Waals surface area contributed by atoms with Gasteiger partial charge in [-0.2, -0.15) is 0 Å². The van der Waals surface area contributed by atoms with Crippen LogP contribution in [0.2, 0.25) is 0 Å². The van der Waals surface area contributed by atoms with Crippen LogP contribution < -0.4 is 5.32 Å². The summed E-state index contributed by atoms with van der Waals surface area (Å²) in [5, 5.41) is 11.1. The fraction of sp³-hybridized carbons (Fsp3) is 0.310. The van der Waals surface area contributed by atoms with E-state index in [4.69, 9.17) is 41.2 Å². The van der Waals surface area contributed by atoms with Gasteiger partial charge in [0.15, 0.2) is 0 Å². The number of alkyl halides is 2. The number of nitrogens with zero attached hydrogens (tertiary/aromatic N) is 2. The molecule has 0 bridgehead atoms. The molecule has 6 aromatic carbocycles. The van der Waals surface area contributed by atoms with Crippen molar-refractivity contribution in [3.05, 3.63) is 179 Å². The third-order valence-electron chi connectivity index (χ3n) is 9.07. The number of allylic oxidation sites excluding steroid dienone is 2. The van der Waals surface area contributed by atoms with Gasteiger partial charge in [-0.15, -0.1) is 48.0 Å². The Morgan fingerprint density at radius 1 is 0.561 bits per heavy atom. The number of benzene rings is 6. The molecule has 0 amide bonds. The number of nitrogens with one attached hydrogen (secondary N) is 1. The average Bonchev–Trinajstić information content (AvgIpc) is 3.30. The molecular weight excluding hydrogens is 916 g/mol. The minimum Gasteiger partial charge on any atom is -0.316 e. The molecule has 0 aliphatic carbocycles. The predicted molar refractivity (Wildman–Crippen MR) is 302 cm³/mol. The molecule has 0 fully saturated rings. The minimum absolute atomic E-state index is 0. The van der Waals surface area contributed by atoms with Gasteiger partial charge in [-0.1, -0.05) is 181 Å². The van der Waals surface area contributed by atoms with E-state index in [2.05, 4.69) is 213 Å². The zero-order chi connectivity index (χ0) is 48.5. The third kappa shape index (κ3) is 26.8. The summed E-state index contributed by atoms with van der Waals surface area (Å²) in [4.78, 5) is 4.54. The fourth-order valence-electron chi connectivity index (χ4n) is 6.01. The average molecular weight is 988 g/mol. The first kappa shape index (κ1) is 61.8. The van der Waals surface area contributed by atoms with Crippen molar-refractivity contribution in [1.29, 1.82) is 0 Å². The largest absolute Gasteiger partial charge is 0.316 e. The molecule has 0 spiro atoms. The van der Waals surface area contributed by atoms with Crippen LogP contribution in [0.3, 0.4) is 0 Å². The maximum absolute atomic E-state index is 5.54. The molecule has 0 aliphatic heterocycles. The van der Waals surface area contributed by atoms with Crippen molar-refractivity contribution in [3.63, 3.8) is 0 Å². The van der Waals surface area contributed by atoms with Crippen LogP contribution in [-0.4, -0.2) is 56.3 Å². The first-order valence-electron chi connectivity index (χ1n) is 21.7. The van der Waals surface area contributed by atoms with E-state index in [1.165, 1.54) is 60.9 Å². The van der Waals surface area contributed by atoms with Crippen molar-refractivity contribution in [2.45, 2.75) is 61.2 Å². The topological polar surface area (TPSA) is 18.5 Å². The number of likely N-dealkylation sites (N-methyl/N-ethyl adjacent to an activating group) is 2. The first-order chi connectivity index (χ1) is 31.2. The second-order valence-electron chi connectivity index (χ2n) is 17.0. The van der Waals surface area contributed by atoms with E-state index in [1.54, 1.807) is 11.6 Å². The maximum Gasteiger partial charge on any atom is 0.0415 e. The summed E-state index contributed by atoms with van der Waals surface area (Å²) in [6.45, 7) is 17.0. The summed E-state index contributed by atoms with van der Waals surface area (Å²) in [6.07, 6.45) is 14.2. The molecule has 6 aromatic rings. The molecule has 8 heteroatoms. The Hall–Kier alpha value is -4.23. The molecule has 0 unspecified atom stereocenters. The summed E-state index contributed by atoms with van der Waals surface area (Å²) < 4.78 is 0. The first-order valence-corrected chi connectivity index (χ1v) is 23.8. The molecule has 0 saturated carbocycles. The van der Waals surface area contributed by atoms with Gasteiger partial charge >= 0.3 is 0 Å². The van der Waals surface area contributed by atoms with Gasteiger partial charge in [0.25, 0.3) is 0 Å². The molecule has 0 radical (unpaired) electrons. The minimum atomic E-state index is 0. The van der Waals surface area contributed by atoms with Crippen LogP contribution in [0.15, 0.2) is 163 Å². The highest BCUT2D eigenvalue weighted by Crippen LogP contribution is 2.21. The van der Waals surface area contributed by atoms with Crippen molar-refractivity contribution in [2.24, 2.45) is 10.8 Å². The second kappa shape index (κ2) is 35.9. The Bertz CT molecular complexity index is 2410. The molecule has 0 atom stereocenters. The number of hydrogen-bond donors (Lipinski definition) is 1. The van der Waals surface area contributed by atoms with Crippen LogP contribution in [0, 0.1) is 35.0 Å². The number of rotatable bonds is 11. The molecule has 1 N–H and O–H groups in total. The molecule has 354 valence electrons. The van der Waals surface area contributed by atoms with E-state index in [9.17, 15) is 0 Å². The number of hydrogen-bond acceptors (Lipinski definition) is 3. The Morgan fingerprint density at radius 2 is 0.924 bits per heavy atom. The lowest BCUT2D eigenvalue weighted by molar-refractivity contribution is 0.365. The van der Waals surface area contributed by atoms with Gasteiger partial charge in [0.2, 0.25) is 0 Å². The van der Waals surface area contributed by atoms with E-state index in [0.29, 0.717) is 5.88 Å². The van der Waals surface area contributed by atoms with E-state index < -0.39 is 0 Å². The Labute approximate surface area is 425 Å². The van der Waals surface area contributed by atoms with Crippen LogP contribution >= 0.6 is 58.8 Å². The van der Waals surface area contributed by atoms with E-state index in [0.717, 1.165) is 32.7 Å². The van der Waals surface area contributed by atoms with Crippen molar-refractivity contribution >= 4 is 91.1 Å². The third-order valence-corrected chi connectivity index (χ3v) is 9.60. The lowest BCUT2D eigenvalue weighted by Gasteiger charge is -2.15. The monoisotopic (exact) mass is 985 g/mol. The quantitative estimate of drug-likeness (QED) is 0.103. The van der Waals surface area contributed by atoms with Gasteiger partial charge in [0.1, 0.15) is 0 Å². The summed E-state index contributed by atoms with van der Waals surface area (Å²) in [5.41, 5.74) is 7.19. The zero-order valence-electron chi connectivity index (χ0n) is 40.7. The van der Waals surface area contributed by atoms with Gasteiger partial charge in [-0.25, -0.2) is 0 Å². The molecule has 0 saturated heterocycles. The van der Waals surface area contributed by atoms with Crippen LogP contribution in [0.4, 0.5) is 0 Å². The van der Waals surface area contributed by atoms with Gasteiger partial charge in [-0.05, 0) is 118 Å². The molecule has 0 aromatic heterocycles. The van der Waals surface area contributed by atoms with Crippen LogP contribution in [0.1, 0.15) is 58.2 Å². The highest BCUT2D eigenvalue weighted by Gasteiger charge is 2.05. The molecule has 0 heterocycles. The summed E-state index contributed by atoms with van der Waals surface area (Å²) in [5.74, 6) is 9.44. The Kier molecular flexibility index (Phi) is 33.6. The standard InChI is InChI=1S/C21H25N.C15H16ClN.C12H13N.C6H10.C3H4Cl2.CH3Cl.ClH/c1-21(2,3)15-8-5-9-16-22(4)17-19-13-10-12-18-11-6-7-14-20(18)19;1-17(11-5-10-16)12-14-8-4-7-13-6-2-3-9-15(13)14;1-13-9-11-7-4-6-10-5-2-3-8-12(10)11;1-5-6(2,3)4;4-2-1-3-5;1-2;/h5-7,9-14H,16-17H2,1-4H3;2-10H,11-12H2,1H3;2-8,13H,9H2,1H3;1H,2-4H3;1-2H,3H2;1H3;1H/b9-5+;10-5+;;;2-1+;;. The number of halogens is 5. The van der Waals surface area contributed by atoms with Gasteiger partial charge in [-0.3, -0.25) is 9.80 Å². The lowest BCUT2D eigenvalue weighted by atomic mass is 9.98. The van der Waals surface area contributed by atoms with Crippen molar-refractivity contribution < 1.29 is 0 Å². The van der Waals surface area contributed by atoms with E-state index >= 15 is 0 Å². The summed E-state index contributed by atoms with van der Waals surface area (Å²) in [7, 11) is 6.21. The summed E-state index contributed by atoms with van der Waals surface area (Å²) >= 11 is 20.3. The van der Waals surface area contributed by atoms with Crippen LogP contribution in [-0.2, 0) is 19.6 Å². The second-order valence-corrected chi connectivity index (χ2v) is 17.8. The highest BCUT2D eigenvalue weighted by atomic mass is 35.5. The molecule has 6 rings (SSSR count). The van der Waals surface area contributed by atoms with Gasteiger partial charge in [0, 0.05) is 66.9 Å². The van der Waals surface area contributed by atoms with Crippen molar-refractivity contribution in [3.8, 4) is 24.2 Å². The predicted octanol–water partition coefficient (Wildman–Crippen LogP) is 16.4. The lowest BCUT2D eigenvalue weighted by Crippen LogP contribution is -2.17. The van der Waals surface area contributed by atoms with E-state index in [1.807, 2.05) is 40.0 Å². The SMILES string of the molecule is C#CC(C)(C)C.CCl.CN(C/C=C/C#CC(C)(C)C)Cc1cccc2ccccc12.CN(C/C=C/Cl)Cc1cccc2ccccc12.CNCc1cccc2ccccc12.Cl.Cl/C=C/CCl. The number of fused-ring (bicyclic) bond motifs is 3. The normalized spacial score (nSPS) is 10.8. The van der Waals surface area contributed by atoms with Gasteiger partial charge in [0.05, 0.1) is 0 Å². The molecular formula is C58H72Cl5N3. The molecule has 3 nitrogen and oxygen atoms in total. The maximum atomic E-state index is 5.54. The highest BCUT2D eigenvalue weighted by molar-refractivity contribution is 6.26.